The van der Waals surface area contributed by atoms with E-state index >= 15 is 0 Å². The fourth-order valence-corrected chi connectivity index (χ4v) is 1.68. The molecule has 1 N–H and O–H groups in total. The van der Waals surface area contributed by atoms with E-state index in [0.717, 1.165) is 19.3 Å². The van der Waals surface area contributed by atoms with Crippen molar-refractivity contribution >= 4 is 0 Å². The summed E-state index contributed by atoms with van der Waals surface area (Å²) in [5, 5.41) is 9.47. The molecule has 0 bridgehead atoms. The molecule has 0 spiro atoms. The standard InChI is InChI=1S/C8H14F2O/c1-6-4-2-3-5-8(6,11)7(9)10/h6-7,11H,2-5H2,1H3. The van der Waals surface area contributed by atoms with Gasteiger partial charge in [-0.1, -0.05) is 19.8 Å². The van der Waals surface area contributed by atoms with E-state index in [4.69, 9.17) is 0 Å². The molecule has 1 aliphatic carbocycles. The molecule has 66 valence electrons. The van der Waals surface area contributed by atoms with E-state index in [9.17, 15) is 13.9 Å². The van der Waals surface area contributed by atoms with Gasteiger partial charge in [-0.3, -0.25) is 0 Å². The second-order valence-corrected chi connectivity index (χ2v) is 3.44. The summed E-state index contributed by atoms with van der Waals surface area (Å²) in [5.74, 6) is -0.253. The van der Waals surface area contributed by atoms with Crippen molar-refractivity contribution in [2.24, 2.45) is 5.92 Å². The molecular weight excluding hydrogens is 150 g/mol. The Hall–Kier alpha value is -0.180. The predicted molar refractivity (Wildman–Crippen MR) is 38.6 cm³/mol. The molecule has 2 atom stereocenters. The van der Waals surface area contributed by atoms with Gasteiger partial charge in [0.15, 0.2) is 0 Å². The zero-order valence-corrected chi connectivity index (χ0v) is 6.69. The number of hydrogen-bond acceptors (Lipinski definition) is 1. The highest BCUT2D eigenvalue weighted by atomic mass is 19.3. The molecule has 0 amide bonds. The predicted octanol–water partition coefficient (Wildman–Crippen LogP) is 2.19. The van der Waals surface area contributed by atoms with Crippen LogP contribution in [0.5, 0.6) is 0 Å². The van der Waals surface area contributed by atoms with Crippen molar-refractivity contribution in [1.82, 2.24) is 0 Å². The number of rotatable bonds is 1. The minimum Gasteiger partial charge on any atom is -0.384 e. The first kappa shape index (κ1) is 8.91. The van der Waals surface area contributed by atoms with Gasteiger partial charge in [-0.2, -0.15) is 0 Å². The summed E-state index contributed by atoms with van der Waals surface area (Å²) in [6.07, 6.45) is 0.0893. The third kappa shape index (κ3) is 1.53. The average Bonchev–Trinajstić information content (AvgIpc) is 1.95. The largest absolute Gasteiger partial charge is 0.384 e. The van der Waals surface area contributed by atoms with E-state index in [0.29, 0.717) is 0 Å². The van der Waals surface area contributed by atoms with Gasteiger partial charge in [-0.15, -0.1) is 0 Å². The van der Waals surface area contributed by atoms with Gasteiger partial charge in [0.1, 0.15) is 5.60 Å². The van der Waals surface area contributed by atoms with Crippen LogP contribution in [0.2, 0.25) is 0 Å². The van der Waals surface area contributed by atoms with E-state index in [1.165, 1.54) is 0 Å². The van der Waals surface area contributed by atoms with Gasteiger partial charge in [-0.25, -0.2) is 8.78 Å². The second-order valence-electron chi connectivity index (χ2n) is 3.44. The molecule has 11 heavy (non-hydrogen) atoms. The third-order valence-electron chi connectivity index (χ3n) is 2.70. The van der Waals surface area contributed by atoms with Crippen molar-refractivity contribution in [3.05, 3.63) is 0 Å². The maximum atomic E-state index is 12.3. The van der Waals surface area contributed by atoms with Crippen LogP contribution in [0.4, 0.5) is 8.78 Å². The van der Waals surface area contributed by atoms with Gasteiger partial charge in [0, 0.05) is 0 Å². The van der Waals surface area contributed by atoms with Crippen LogP contribution < -0.4 is 0 Å². The second kappa shape index (κ2) is 3.05. The zero-order valence-electron chi connectivity index (χ0n) is 6.69. The van der Waals surface area contributed by atoms with Crippen LogP contribution in [0, 0.1) is 5.92 Å². The summed E-state index contributed by atoms with van der Waals surface area (Å²) < 4.78 is 24.6. The highest BCUT2D eigenvalue weighted by Crippen LogP contribution is 2.37. The van der Waals surface area contributed by atoms with Crippen molar-refractivity contribution in [3.63, 3.8) is 0 Å². The molecule has 0 aromatic rings. The Morgan fingerprint density at radius 1 is 1.45 bits per heavy atom. The van der Waals surface area contributed by atoms with Crippen molar-refractivity contribution in [2.75, 3.05) is 0 Å². The van der Waals surface area contributed by atoms with Crippen molar-refractivity contribution < 1.29 is 13.9 Å². The van der Waals surface area contributed by atoms with Gasteiger partial charge in [0.2, 0.25) is 0 Å². The van der Waals surface area contributed by atoms with Crippen LogP contribution in [0.25, 0.3) is 0 Å². The molecule has 2 unspecified atom stereocenters. The van der Waals surface area contributed by atoms with Crippen LogP contribution >= 0.6 is 0 Å². The van der Waals surface area contributed by atoms with Gasteiger partial charge in [0.25, 0.3) is 6.43 Å². The maximum Gasteiger partial charge on any atom is 0.267 e. The molecule has 0 heterocycles. The first-order valence-electron chi connectivity index (χ1n) is 4.08. The summed E-state index contributed by atoms with van der Waals surface area (Å²) >= 11 is 0. The van der Waals surface area contributed by atoms with E-state index in [-0.39, 0.29) is 12.3 Å². The molecule has 3 heteroatoms. The van der Waals surface area contributed by atoms with Crippen LogP contribution in [-0.4, -0.2) is 17.1 Å². The Kier molecular flexibility index (Phi) is 2.47. The average molecular weight is 164 g/mol. The zero-order chi connectivity index (χ0) is 8.48. The smallest absolute Gasteiger partial charge is 0.267 e. The van der Waals surface area contributed by atoms with Crippen LogP contribution in [0.15, 0.2) is 0 Å². The number of alkyl halides is 2. The minimum atomic E-state index is -2.59. The van der Waals surface area contributed by atoms with Crippen LogP contribution in [0.1, 0.15) is 32.6 Å². The molecule has 1 saturated carbocycles. The maximum absolute atomic E-state index is 12.3. The molecule has 0 radical (unpaired) electrons. The fourth-order valence-electron chi connectivity index (χ4n) is 1.68. The summed E-state index contributed by atoms with van der Waals surface area (Å²) in [5.41, 5.74) is -1.70. The van der Waals surface area contributed by atoms with Crippen LogP contribution in [-0.2, 0) is 0 Å². The minimum absolute atomic E-state index is 0.253. The Morgan fingerprint density at radius 2 is 2.09 bits per heavy atom. The summed E-state index contributed by atoms with van der Waals surface area (Å²) in [6.45, 7) is 1.70. The molecule has 0 aromatic carbocycles. The first-order valence-corrected chi connectivity index (χ1v) is 4.08. The summed E-state index contributed by atoms with van der Waals surface area (Å²) in [4.78, 5) is 0. The lowest BCUT2D eigenvalue weighted by Crippen LogP contribution is -2.45. The molecule has 0 aliphatic heterocycles. The lowest BCUT2D eigenvalue weighted by Gasteiger charge is -2.37. The van der Waals surface area contributed by atoms with Gasteiger partial charge in [-0.05, 0) is 18.8 Å². The first-order chi connectivity index (χ1) is 5.07. The number of aliphatic hydroxyl groups is 1. The number of hydrogen-bond donors (Lipinski definition) is 1. The SMILES string of the molecule is CC1CCCCC1(O)C(F)F. The lowest BCUT2D eigenvalue weighted by molar-refractivity contribution is -0.145. The summed E-state index contributed by atoms with van der Waals surface area (Å²) in [7, 11) is 0. The molecule has 0 saturated heterocycles. The quantitative estimate of drug-likeness (QED) is 0.629. The van der Waals surface area contributed by atoms with Crippen molar-refractivity contribution in [2.45, 2.75) is 44.6 Å². The molecule has 0 aromatic heterocycles. The van der Waals surface area contributed by atoms with E-state index < -0.39 is 12.0 Å². The van der Waals surface area contributed by atoms with E-state index in [1.54, 1.807) is 6.92 Å². The lowest BCUT2D eigenvalue weighted by atomic mass is 9.77. The molecular formula is C8H14F2O. The van der Waals surface area contributed by atoms with Crippen molar-refractivity contribution in [3.8, 4) is 0 Å². The van der Waals surface area contributed by atoms with Crippen molar-refractivity contribution in [1.29, 1.82) is 0 Å². The van der Waals surface area contributed by atoms with Gasteiger partial charge in [0.05, 0.1) is 0 Å². The van der Waals surface area contributed by atoms with Gasteiger partial charge < -0.3 is 5.11 Å². The van der Waals surface area contributed by atoms with Gasteiger partial charge >= 0.3 is 0 Å². The Morgan fingerprint density at radius 3 is 2.45 bits per heavy atom. The molecule has 1 fully saturated rings. The monoisotopic (exact) mass is 164 g/mol. The summed E-state index contributed by atoms with van der Waals surface area (Å²) in [6, 6.07) is 0. The highest BCUT2D eigenvalue weighted by Gasteiger charge is 2.43. The van der Waals surface area contributed by atoms with E-state index in [1.807, 2.05) is 0 Å². The molecule has 1 nitrogen and oxygen atoms in total. The Labute approximate surface area is 65.4 Å². The Balaban J connectivity index is 2.64. The third-order valence-corrected chi connectivity index (χ3v) is 2.70. The van der Waals surface area contributed by atoms with Crippen LogP contribution in [0.3, 0.4) is 0 Å². The molecule has 1 aliphatic rings. The topological polar surface area (TPSA) is 20.2 Å². The molecule has 1 rings (SSSR count). The fraction of sp³-hybridized carbons (Fsp3) is 1.00. The number of halogens is 2. The normalized spacial score (nSPS) is 39.5. The Bertz CT molecular complexity index is 138. The highest BCUT2D eigenvalue weighted by molar-refractivity contribution is 4.89. The van der Waals surface area contributed by atoms with E-state index in [2.05, 4.69) is 0 Å².